The third-order valence-corrected chi connectivity index (χ3v) is 3.59. The summed E-state index contributed by atoms with van der Waals surface area (Å²) in [6.45, 7) is 4.35. The molecule has 96 valence electrons. The molecule has 2 aliphatic heterocycles. The van der Waals surface area contributed by atoms with E-state index in [-0.39, 0.29) is 0 Å². The van der Waals surface area contributed by atoms with E-state index in [0.717, 1.165) is 50.0 Å². The van der Waals surface area contributed by atoms with E-state index in [9.17, 15) is 0 Å². The molecule has 0 radical (unpaired) electrons. The molecule has 2 heterocycles. The minimum atomic E-state index is 0.330. The number of allylic oxidation sites excluding steroid dienone is 3. The molecular weight excluding hydrogens is 212 g/mol. The second-order valence-corrected chi connectivity index (χ2v) is 4.94. The third kappa shape index (κ3) is 3.52. The quantitative estimate of drug-likeness (QED) is 0.723. The first-order valence-corrected chi connectivity index (χ1v) is 7.03. The van der Waals surface area contributed by atoms with Gasteiger partial charge in [0.1, 0.15) is 6.10 Å². The van der Waals surface area contributed by atoms with Crippen LogP contribution in [0.1, 0.15) is 58.8 Å². The zero-order chi connectivity index (χ0) is 12.1. The van der Waals surface area contributed by atoms with Gasteiger partial charge < -0.3 is 9.47 Å². The highest BCUT2D eigenvalue weighted by Crippen LogP contribution is 2.28. The molecule has 0 bridgehead atoms. The number of ether oxygens (including phenoxy) is 2. The highest BCUT2D eigenvalue weighted by atomic mass is 16.5. The fourth-order valence-electron chi connectivity index (χ4n) is 2.52. The van der Waals surface area contributed by atoms with Gasteiger partial charge in [0.15, 0.2) is 0 Å². The largest absolute Gasteiger partial charge is 0.495 e. The molecule has 2 rings (SSSR count). The Morgan fingerprint density at radius 2 is 1.65 bits per heavy atom. The van der Waals surface area contributed by atoms with E-state index in [2.05, 4.69) is 26.0 Å². The summed E-state index contributed by atoms with van der Waals surface area (Å²) in [6.07, 6.45) is 12.9. The van der Waals surface area contributed by atoms with Crippen LogP contribution in [-0.2, 0) is 9.47 Å². The lowest BCUT2D eigenvalue weighted by Gasteiger charge is -2.29. The average Bonchev–Trinajstić information content (AvgIpc) is 2.39. The second kappa shape index (κ2) is 6.13. The molecule has 2 nitrogen and oxygen atoms in total. The van der Waals surface area contributed by atoms with Gasteiger partial charge in [0.25, 0.3) is 0 Å². The molecule has 2 unspecified atom stereocenters. The molecule has 0 aromatic carbocycles. The molecule has 0 saturated carbocycles. The zero-order valence-electron chi connectivity index (χ0n) is 11.1. The molecule has 0 aliphatic carbocycles. The Morgan fingerprint density at radius 3 is 2.35 bits per heavy atom. The normalized spacial score (nSPS) is 28.8. The molecule has 0 aromatic heterocycles. The van der Waals surface area contributed by atoms with Gasteiger partial charge in [-0.05, 0) is 44.3 Å². The van der Waals surface area contributed by atoms with Crippen molar-refractivity contribution in [2.24, 2.45) is 0 Å². The molecule has 2 heteroatoms. The van der Waals surface area contributed by atoms with Crippen molar-refractivity contribution in [1.82, 2.24) is 0 Å². The zero-order valence-corrected chi connectivity index (χ0v) is 11.1. The Balaban J connectivity index is 1.85. The van der Waals surface area contributed by atoms with Crippen LogP contribution in [0.15, 0.2) is 23.7 Å². The summed E-state index contributed by atoms with van der Waals surface area (Å²) in [5, 5.41) is 0. The van der Waals surface area contributed by atoms with Crippen LogP contribution < -0.4 is 0 Å². The maximum atomic E-state index is 5.97. The van der Waals surface area contributed by atoms with Gasteiger partial charge in [0.2, 0.25) is 0 Å². The Labute approximate surface area is 105 Å². The van der Waals surface area contributed by atoms with Crippen molar-refractivity contribution in [1.29, 1.82) is 0 Å². The van der Waals surface area contributed by atoms with Crippen LogP contribution in [0.2, 0.25) is 0 Å². The van der Waals surface area contributed by atoms with E-state index in [1.807, 2.05) is 0 Å². The molecule has 0 N–H and O–H groups in total. The minimum Gasteiger partial charge on any atom is -0.495 e. The van der Waals surface area contributed by atoms with Crippen LogP contribution in [0.3, 0.4) is 0 Å². The Kier molecular flexibility index (Phi) is 4.52. The number of hydrogen-bond donors (Lipinski definition) is 0. The topological polar surface area (TPSA) is 18.5 Å². The lowest BCUT2D eigenvalue weighted by Crippen LogP contribution is -2.21. The van der Waals surface area contributed by atoms with Crippen LogP contribution in [-0.4, -0.2) is 12.2 Å². The predicted octanol–water partition coefficient (Wildman–Crippen LogP) is 4.32. The van der Waals surface area contributed by atoms with Crippen molar-refractivity contribution in [3.8, 4) is 0 Å². The average molecular weight is 236 g/mol. The number of rotatable bonds is 4. The van der Waals surface area contributed by atoms with Crippen molar-refractivity contribution in [3.63, 3.8) is 0 Å². The first-order chi connectivity index (χ1) is 8.31. The smallest absolute Gasteiger partial charge is 0.105 e. The first kappa shape index (κ1) is 12.5. The van der Waals surface area contributed by atoms with E-state index >= 15 is 0 Å². The molecule has 0 spiro atoms. The van der Waals surface area contributed by atoms with E-state index in [0.29, 0.717) is 12.2 Å². The summed E-state index contributed by atoms with van der Waals surface area (Å²) in [7, 11) is 0. The summed E-state index contributed by atoms with van der Waals surface area (Å²) in [6, 6.07) is 0. The van der Waals surface area contributed by atoms with Crippen LogP contribution in [0.4, 0.5) is 0 Å². The molecule has 0 saturated heterocycles. The fourth-order valence-corrected chi connectivity index (χ4v) is 2.52. The van der Waals surface area contributed by atoms with Crippen molar-refractivity contribution in [3.05, 3.63) is 23.7 Å². The van der Waals surface area contributed by atoms with Crippen molar-refractivity contribution >= 4 is 0 Å². The Morgan fingerprint density at radius 1 is 1.00 bits per heavy atom. The van der Waals surface area contributed by atoms with Crippen LogP contribution in [0.5, 0.6) is 0 Å². The van der Waals surface area contributed by atoms with Gasteiger partial charge in [0, 0.05) is 12.8 Å². The number of hydrogen-bond acceptors (Lipinski definition) is 2. The summed E-state index contributed by atoms with van der Waals surface area (Å²) in [5.41, 5.74) is 0. The van der Waals surface area contributed by atoms with Gasteiger partial charge in [-0.1, -0.05) is 13.8 Å². The third-order valence-electron chi connectivity index (χ3n) is 3.59. The van der Waals surface area contributed by atoms with E-state index in [4.69, 9.17) is 9.47 Å². The molecule has 0 fully saturated rings. The van der Waals surface area contributed by atoms with Gasteiger partial charge in [0.05, 0.1) is 17.6 Å². The van der Waals surface area contributed by atoms with E-state index in [1.165, 1.54) is 6.42 Å². The summed E-state index contributed by atoms with van der Waals surface area (Å²) in [5.74, 6) is 2.31. The predicted molar refractivity (Wildman–Crippen MR) is 69.6 cm³/mol. The second-order valence-electron chi connectivity index (χ2n) is 4.94. The fraction of sp³-hybridized carbons (Fsp3) is 0.733. The molecule has 2 aliphatic rings. The van der Waals surface area contributed by atoms with Gasteiger partial charge >= 0.3 is 0 Å². The Hall–Kier alpha value is -0.920. The molecule has 17 heavy (non-hydrogen) atoms. The van der Waals surface area contributed by atoms with E-state index < -0.39 is 0 Å². The van der Waals surface area contributed by atoms with Gasteiger partial charge in [-0.25, -0.2) is 0 Å². The molecular formula is C15H24O2. The monoisotopic (exact) mass is 236 g/mol. The van der Waals surface area contributed by atoms with E-state index in [1.54, 1.807) is 0 Å². The molecule has 0 aromatic rings. The lowest BCUT2D eigenvalue weighted by atomic mass is 10.0. The highest BCUT2D eigenvalue weighted by molar-refractivity contribution is 5.03. The molecule has 2 atom stereocenters. The van der Waals surface area contributed by atoms with Crippen LogP contribution in [0, 0.1) is 0 Å². The molecule has 0 amide bonds. The van der Waals surface area contributed by atoms with Crippen LogP contribution in [0.25, 0.3) is 0 Å². The van der Waals surface area contributed by atoms with Crippen molar-refractivity contribution < 1.29 is 9.47 Å². The summed E-state index contributed by atoms with van der Waals surface area (Å²) in [4.78, 5) is 0. The van der Waals surface area contributed by atoms with Gasteiger partial charge in [-0.3, -0.25) is 0 Å². The SMILES string of the molecule is CCC1=CCCC(CC2=CCCC(CC)O2)O1. The van der Waals surface area contributed by atoms with Gasteiger partial charge in [-0.2, -0.15) is 0 Å². The van der Waals surface area contributed by atoms with Crippen LogP contribution >= 0.6 is 0 Å². The first-order valence-electron chi connectivity index (χ1n) is 7.03. The maximum absolute atomic E-state index is 5.97. The van der Waals surface area contributed by atoms with Crippen molar-refractivity contribution in [2.75, 3.05) is 0 Å². The standard InChI is InChI=1S/C15H24O2/c1-3-12-7-5-9-14(16-12)11-15-10-6-8-13(4-2)17-15/h7,10,13-14H,3-6,8-9,11H2,1-2H3. The summed E-state index contributed by atoms with van der Waals surface area (Å²) >= 11 is 0. The maximum Gasteiger partial charge on any atom is 0.105 e. The van der Waals surface area contributed by atoms with Crippen molar-refractivity contribution in [2.45, 2.75) is 71.0 Å². The highest BCUT2D eigenvalue weighted by Gasteiger charge is 2.21. The van der Waals surface area contributed by atoms with Gasteiger partial charge in [-0.15, -0.1) is 0 Å². The Bertz CT molecular complexity index is 304. The lowest BCUT2D eigenvalue weighted by molar-refractivity contribution is 0.0426. The summed E-state index contributed by atoms with van der Waals surface area (Å²) < 4.78 is 11.9. The minimum absolute atomic E-state index is 0.330.